The molecule has 0 unspecified atom stereocenters. The van der Waals surface area contributed by atoms with E-state index in [-0.39, 0.29) is 0 Å². The number of methoxy groups -OCH3 is 2. The summed E-state index contributed by atoms with van der Waals surface area (Å²) in [4.78, 5) is 11.7. The molecule has 0 bridgehead atoms. The van der Waals surface area contributed by atoms with Gasteiger partial charge >= 0.3 is 0 Å². The fourth-order valence-electron chi connectivity index (χ4n) is 3.85. The number of ether oxygens (including phenoxy) is 2. The van der Waals surface area contributed by atoms with Crippen LogP contribution in [0.3, 0.4) is 0 Å². The Morgan fingerprint density at radius 3 is 2.62 bits per heavy atom. The number of aryl methyl sites for hydroxylation is 1. The van der Waals surface area contributed by atoms with Crippen molar-refractivity contribution in [3.63, 3.8) is 0 Å². The predicted molar refractivity (Wildman–Crippen MR) is 102 cm³/mol. The molecule has 0 N–H and O–H groups in total. The van der Waals surface area contributed by atoms with E-state index in [1.54, 1.807) is 14.2 Å². The highest BCUT2D eigenvalue weighted by Crippen LogP contribution is 2.29. The number of nitrogens with zero attached hydrogens (tertiary/aromatic N) is 4. The molecule has 0 amide bonds. The molecular formula is C20H30N4O2. The van der Waals surface area contributed by atoms with Gasteiger partial charge in [-0.05, 0) is 39.8 Å². The summed E-state index contributed by atoms with van der Waals surface area (Å²) < 4.78 is 13.0. The third-order valence-corrected chi connectivity index (χ3v) is 5.36. The Hall–Kier alpha value is -1.92. The summed E-state index contributed by atoms with van der Waals surface area (Å²) in [5.74, 6) is 2.69. The van der Waals surface area contributed by atoms with Crippen molar-refractivity contribution in [1.29, 1.82) is 0 Å². The van der Waals surface area contributed by atoms with Gasteiger partial charge in [0.05, 0.1) is 19.4 Å². The van der Waals surface area contributed by atoms with Gasteiger partial charge < -0.3 is 14.0 Å². The minimum Gasteiger partial charge on any atom is -0.496 e. The first-order chi connectivity index (χ1) is 12.6. The average molecular weight is 358 g/mol. The van der Waals surface area contributed by atoms with Crippen LogP contribution in [0.5, 0.6) is 5.75 Å². The van der Waals surface area contributed by atoms with E-state index in [2.05, 4.69) is 32.6 Å². The monoisotopic (exact) mass is 358 g/mol. The normalized spacial score (nSPS) is 16.2. The highest BCUT2D eigenvalue weighted by atomic mass is 16.5. The van der Waals surface area contributed by atoms with Crippen molar-refractivity contribution in [1.82, 2.24) is 19.4 Å². The summed E-state index contributed by atoms with van der Waals surface area (Å²) in [7, 11) is 3.47. The first-order valence-corrected chi connectivity index (χ1v) is 9.35. The van der Waals surface area contributed by atoms with Crippen molar-refractivity contribution in [2.24, 2.45) is 0 Å². The van der Waals surface area contributed by atoms with Crippen LogP contribution >= 0.6 is 0 Å². The summed E-state index contributed by atoms with van der Waals surface area (Å²) in [5.41, 5.74) is 3.37. The van der Waals surface area contributed by atoms with E-state index < -0.39 is 0 Å². The van der Waals surface area contributed by atoms with Gasteiger partial charge in [0.25, 0.3) is 0 Å². The summed E-state index contributed by atoms with van der Waals surface area (Å²) in [6.07, 6.45) is 8.15. The highest BCUT2D eigenvalue weighted by molar-refractivity contribution is 5.41. The molecular weight excluding hydrogens is 328 g/mol. The van der Waals surface area contributed by atoms with E-state index in [1.807, 2.05) is 19.3 Å². The van der Waals surface area contributed by atoms with E-state index in [0.29, 0.717) is 5.92 Å². The van der Waals surface area contributed by atoms with Crippen LogP contribution in [0.2, 0.25) is 0 Å². The lowest BCUT2D eigenvalue weighted by Gasteiger charge is -2.32. The van der Waals surface area contributed by atoms with Crippen molar-refractivity contribution >= 4 is 0 Å². The zero-order chi connectivity index (χ0) is 18.5. The van der Waals surface area contributed by atoms with Crippen molar-refractivity contribution in [3.8, 4) is 5.75 Å². The summed E-state index contributed by atoms with van der Waals surface area (Å²) in [5, 5.41) is 0. The number of likely N-dealkylation sites (tertiary alicyclic amines) is 1. The van der Waals surface area contributed by atoms with Crippen LogP contribution < -0.4 is 4.74 Å². The molecule has 3 rings (SSSR count). The topological polar surface area (TPSA) is 52.4 Å². The average Bonchev–Trinajstić information content (AvgIpc) is 3.12. The Balaban J connectivity index is 1.60. The maximum Gasteiger partial charge on any atom is 0.128 e. The van der Waals surface area contributed by atoms with E-state index in [4.69, 9.17) is 9.47 Å². The molecule has 1 aliphatic heterocycles. The number of hydrogen-bond acceptors (Lipinski definition) is 5. The van der Waals surface area contributed by atoms with Gasteiger partial charge in [-0.2, -0.15) is 0 Å². The van der Waals surface area contributed by atoms with Crippen LogP contribution in [-0.4, -0.2) is 53.4 Å². The van der Waals surface area contributed by atoms with Gasteiger partial charge in [-0.3, -0.25) is 9.88 Å². The van der Waals surface area contributed by atoms with Gasteiger partial charge in [0.2, 0.25) is 0 Å². The number of imidazole rings is 1. The fraction of sp³-hybridized carbons (Fsp3) is 0.600. The molecule has 1 fully saturated rings. The maximum atomic E-state index is 5.54. The Bertz CT molecular complexity index is 721. The van der Waals surface area contributed by atoms with Gasteiger partial charge in [-0.25, -0.2) is 4.98 Å². The number of piperidine rings is 1. The Labute approximate surface area is 156 Å². The van der Waals surface area contributed by atoms with E-state index in [9.17, 15) is 0 Å². The summed E-state index contributed by atoms with van der Waals surface area (Å²) >= 11 is 0. The second-order valence-electron chi connectivity index (χ2n) is 7.07. The maximum absolute atomic E-state index is 5.54. The van der Waals surface area contributed by atoms with Gasteiger partial charge in [-0.1, -0.05) is 0 Å². The molecule has 3 heterocycles. The van der Waals surface area contributed by atoms with Crippen LogP contribution in [0.4, 0.5) is 0 Å². The van der Waals surface area contributed by atoms with Crippen molar-refractivity contribution < 1.29 is 9.47 Å². The molecule has 1 aliphatic rings. The van der Waals surface area contributed by atoms with Crippen molar-refractivity contribution in [3.05, 3.63) is 41.2 Å². The highest BCUT2D eigenvalue weighted by Gasteiger charge is 2.24. The van der Waals surface area contributed by atoms with E-state index >= 15 is 0 Å². The molecule has 6 heteroatoms. The Morgan fingerprint density at radius 2 is 1.92 bits per heavy atom. The lowest BCUT2D eigenvalue weighted by atomic mass is 9.95. The third-order valence-electron chi connectivity index (χ3n) is 5.36. The molecule has 0 radical (unpaired) electrons. The van der Waals surface area contributed by atoms with Crippen LogP contribution in [0.15, 0.2) is 18.6 Å². The van der Waals surface area contributed by atoms with Gasteiger partial charge in [0.15, 0.2) is 0 Å². The number of hydrogen-bond donors (Lipinski definition) is 0. The molecule has 142 valence electrons. The largest absolute Gasteiger partial charge is 0.496 e. The smallest absolute Gasteiger partial charge is 0.128 e. The van der Waals surface area contributed by atoms with Crippen LogP contribution in [0.25, 0.3) is 0 Å². The predicted octanol–water partition coefficient (Wildman–Crippen LogP) is 2.93. The third kappa shape index (κ3) is 4.07. The molecule has 2 aromatic heterocycles. The second kappa shape index (κ2) is 8.64. The molecule has 0 aromatic carbocycles. The number of rotatable bonds is 7. The first-order valence-electron chi connectivity index (χ1n) is 9.35. The van der Waals surface area contributed by atoms with Crippen LogP contribution in [0.1, 0.15) is 41.4 Å². The summed E-state index contributed by atoms with van der Waals surface area (Å²) in [6.45, 7) is 8.76. The lowest BCUT2D eigenvalue weighted by Crippen LogP contribution is -2.34. The molecule has 26 heavy (non-hydrogen) atoms. The van der Waals surface area contributed by atoms with Crippen LogP contribution in [0, 0.1) is 13.8 Å². The fourth-order valence-corrected chi connectivity index (χ4v) is 3.85. The standard InChI is InChI=1S/C20H30N4O2/c1-15-13-22-18(16(2)19(15)26-4)14-23-8-5-17(6-9-23)20-21-7-10-24(20)11-12-25-3/h7,10,13,17H,5-6,8-9,11-12,14H2,1-4H3. The molecule has 1 saturated heterocycles. The van der Waals surface area contributed by atoms with Crippen molar-refractivity contribution in [2.45, 2.75) is 45.7 Å². The van der Waals surface area contributed by atoms with Gasteiger partial charge in [-0.15, -0.1) is 0 Å². The first kappa shape index (κ1) is 18.9. The van der Waals surface area contributed by atoms with Crippen molar-refractivity contribution in [2.75, 3.05) is 33.9 Å². The van der Waals surface area contributed by atoms with Gasteiger partial charge in [0, 0.05) is 55.8 Å². The minimum atomic E-state index is 0.528. The van der Waals surface area contributed by atoms with E-state index in [1.165, 1.54) is 5.82 Å². The molecule has 6 nitrogen and oxygen atoms in total. The van der Waals surface area contributed by atoms with Gasteiger partial charge in [0.1, 0.15) is 11.6 Å². The SMILES string of the molecule is COCCn1ccnc1C1CCN(Cc2ncc(C)c(OC)c2C)CC1. The molecule has 0 spiro atoms. The molecule has 0 saturated carbocycles. The van der Waals surface area contributed by atoms with Crippen LogP contribution in [-0.2, 0) is 17.8 Å². The Morgan fingerprint density at radius 1 is 1.15 bits per heavy atom. The quantitative estimate of drug-likeness (QED) is 0.762. The number of aromatic nitrogens is 3. The number of pyridine rings is 1. The molecule has 0 aliphatic carbocycles. The second-order valence-corrected chi connectivity index (χ2v) is 7.07. The summed E-state index contributed by atoms with van der Waals surface area (Å²) in [6, 6.07) is 0. The van der Waals surface area contributed by atoms with E-state index in [0.717, 1.165) is 68.2 Å². The minimum absolute atomic E-state index is 0.528. The molecule has 2 aromatic rings. The lowest BCUT2D eigenvalue weighted by molar-refractivity contribution is 0.179. The zero-order valence-corrected chi connectivity index (χ0v) is 16.4. The molecule has 0 atom stereocenters. The Kier molecular flexibility index (Phi) is 6.27. The zero-order valence-electron chi connectivity index (χ0n) is 16.4.